The molecule has 0 spiro atoms. The molecule has 0 aromatic heterocycles. The van der Waals surface area contributed by atoms with E-state index in [0.717, 1.165) is 41.7 Å². The van der Waals surface area contributed by atoms with Gasteiger partial charge in [0.25, 0.3) is 11.8 Å². The van der Waals surface area contributed by atoms with Crippen molar-refractivity contribution >= 4 is 51.9 Å². The van der Waals surface area contributed by atoms with Gasteiger partial charge in [0, 0.05) is 24.8 Å². The summed E-state index contributed by atoms with van der Waals surface area (Å²) >= 11 is 6.42. The van der Waals surface area contributed by atoms with Crippen LogP contribution in [0.2, 0.25) is 0 Å². The molecule has 1 saturated heterocycles. The van der Waals surface area contributed by atoms with Gasteiger partial charge in [-0.3, -0.25) is 15.0 Å². The molecular formula is C21H19N3O3S2. The van der Waals surface area contributed by atoms with Gasteiger partial charge in [-0.25, -0.2) is 0 Å². The van der Waals surface area contributed by atoms with E-state index in [9.17, 15) is 14.7 Å². The van der Waals surface area contributed by atoms with Crippen LogP contribution in [0.5, 0.6) is 5.75 Å². The number of carbonyl (C=O) groups is 2. The van der Waals surface area contributed by atoms with Crippen molar-refractivity contribution < 1.29 is 14.7 Å². The molecule has 0 bridgehead atoms. The van der Waals surface area contributed by atoms with E-state index >= 15 is 0 Å². The predicted molar refractivity (Wildman–Crippen MR) is 119 cm³/mol. The highest BCUT2D eigenvalue weighted by Crippen LogP contribution is 2.33. The van der Waals surface area contributed by atoms with E-state index in [2.05, 4.69) is 29.5 Å². The number of carbonyl (C=O) groups excluding carboxylic acids is 2. The maximum atomic E-state index is 12.8. The minimum absolute atomic E-state index is 0.0269. The lowest BCUT2D eigenvalue weighted by Gasteiger charge is -2.27. The van der Waals surface area contributed by atoms with Gasteiger partial charge in [-0.15, -0.1) is 0 Å². The Bertz CT molecular complexity index is 1050. The minimum atomic E-state index is -0.518. The van der Waals surface area contributed by atoms with Gasteiger partial charge >= 0.3 is 0 Å². The number of aromatic hydroxyl groups is 1. The van der Waals surface area contributed by atoms with Crippen molar-refractivity contribution in [1.82, 2.24) is 10.4 Å². The molecule has 29 heavy (non-hydrogen) atoms. The van der Waals surface area contributed by atoms with Gasteiger partial charge in [-0.1, -0.05) is 23.9 Å². The number of benzene rings is 2. The zero-order valence-electron chi connectivity index (χ0n) is 15.7. The summed E-state index contributed by atoms with van der Waals surface area (Å²) in [4.78, 5) is 27.9. The standard InChI is InChI=1S/C21H19N3O3S2/c1-23-9-3-5-14-10-13(7-8-17(14)23)11-18-20(27)24(21(28)29-18)22-19(26)15-4-2-6-16(25)12-15/h2,4,6-8,10-12,25H,3,5,9H2,1H3,(H,22,26). The van der Waals surface area contributed by atoms with E-state index in [1.54, 1.807) is 18.2 Å². The highest BCUT2D eigenvalue weighted by molar-refractivity contribution is 8.26. The first-order valence-electron chi connectivity index (χ1n) is 9.14. The normalized spacial score (nSPS) is 17.6. The number of phenolic OH excluding ortho intramolecular Hbond substituents is 1. The number of thiocarbonyl (C=S) groups is 1. The summed E-state index contributed by atoms with van der Waals surface area (Å²) in [7, 11) is 2.08. The van der Waals surface area contributed by atoms with Crippen molar-refractivity contribution in [3.8, 4) is 5.75 Å². The molecule has 148 valence electrons. The highest BCUT2D eigenvalue weighted by atomic mass is 32.2. The molecule has 4 rings (SSSR count). The number of amides is 2. The molecule has 2 aromatic carbocycles. The molecule has 8 heteroatoms. The highest BCUT2D eigenvalue weighted by Gasteiger charge is 2.34. The number of nitrogens with one attached hydrogen (secondary N) is 1. The molecule has 2 heterocycles. The fourth-order valence-corrected chi connectivity index (χ4v) is 4.60. The quantitative estimate of drug-likeness (QED) is 0.581. The van der Waals surface area contributed by atoms with Crippen molar-refractivity contribution in [1.29, 1.82) is 0 Å². The molecule has 0 radical (unpaired) electrons. The SMILES string of the molecule is CN1CCCc2cc(C=C3SC(=S)N(NC(=O)c4cccc(O)c4)C3=O)ccc21. The molecule has 2 N–H and O–H groups in total. The third-order valence-electron chi connectivity index (χ3n) is 4.87. The Kier molecular flexibility index (Phi) is 5.29. The van der Waals surface area contributed by atoms with E-state index in [4.69, 9.17) is 12.2 Å². The molecule has 0 saturated carbocycles. The van der Waals surface area contributed by atoms with Crippen LogP contribution in [0.25, 0.3) is 6.08 Å². The predicted octanol–water partition coefficient (Wildman–Crippen LogP) is 3.32. The first-order valence-corrected chi connectivity index (χ1v) is 10.4. The Morgan fingerprint density at radius 2 is 2.10 bits per heavy atom. The largest absolute Gasteiger partial charge is 0.508 e. The van der Waals surface area contributed by atoms with Crippen LogP contribution in [0.1, 0.15) is 27.9 Å². The maximum Gasteiger partial charge on any atom is 0.285 e. The van der Waals surface area contributed by atoms with Crippen molar-refractivity contribution in [2.75, 3.05) is 18.5 Å². The van der Waals surface area contributed by atoms with Gasteiger partial charge in [0.1, 0.15) is 5.75 Å². The lowest BCUT2D eigenvalue weighted by molar-refractivity contribution is -0.123. The van der Waals surface area contributed by atoms with Crippen molar-refractivity contribution in [2.24, 2.45) is 0 Å². The number of thioether (sulfide) groups is 1. The zero-order valence-corrected chi connectivity index (χ0v) is 17.3. The summed E-state index contributed by atoms with van der Waals surface area (Å²) in [6.45, 7) is 1.05. The molecule has 0 aliphatic carbocycles. The van der Waals surface area contributed by atoms with E-state index in [1.165, 1.54) is 23.4 Å². The average Bonchev–Trinajstić information content (AvgIpc) is 2.95. The summed E-state index contributed by atoms with van der Waals surface area (Å²) < 4.78 is 0.257. The zero-order chi connectivity index (χ0) is 20.5. The van der Waals surface area contributed by atoms with E-state index in [1.807, 2.05) is 6.07 Å². The Morgan fingerprint density at radius 3 is 2.90 bits per heavy atom. The summed E-state index contributed by atoms with van der Waals surface area (Å²) in [6.07, 6.45) is 3.92. The fourth-order valence-electron chi connectivity index (χ4n) is 3.42. The smallest absolute Gasteiger partial charge is 0.285 e. The molecule has 0 atom stereocenters. The summed E-state index contributed by atoms with van der Waals surface area (Å²) in [5.74, 6) is -0.917. The van der Waals surface area contributed by atoms with Gasteiger partial charge in [0.2, 0.25) is 0 Å². The Labute approximate surface area is 178 Å². The fraction of sp³-hybridized carbons (Fsp3) is 0.190. The molecule has 0 unspecified atom stereocenters. The van der Waals surface area contributed by atoms with Gasteiger partial charge in [-0.2, -0.15) is 5.01 Å². The monoisotopic (exact) mass is 425 g/mol. The first-order chi connectivity index (χ1) is 13.9. The van der Waals surface area contributed by atoms with Crippen LogP contribution in [-0.2, 0) is 11.2 Å². The van der Waals surface area contributed by atoms with Gasteiger partial charge in [0.15, 0.2) is 4.32 Å². The second-order valence-corrected chi connectivity index (χ2v) is 8.60. The number of hydrogen-bond acceptors (Lipinski definition) is 6. The number of anilines is 1. The van der Waals surface area contributed by atoms with Crippen LogP contribution in [-0.4, -0.2) is 39.8 Å². The summed E-state index contributed by atoms with van der Waals surface area (Å²) in [5, 5.41) is 10.6. The number of phenols is 1. The molecule has 2 amide bonds. The third-order valence-corrected chi connectivity index (χ3v) is 6.17. The van der Waals surface area contributed by atoms with Crippen LogP contribution in [0.4, 0.5) is 5.69 Å². The van der Waals surface area contributed by atoms with Crippen molar-refractivity contribution in [3.63, 3.8) is 0 Å². The summed E-state index contributed by atoms with van der Waals surface area (Å²) in [6, 6.07) is 12.1. The lowest BCUT2D eigenvalue weighted by atomic mass is 9.99. The third kappa shape index (κ3) is 3.99. The first kappa shape index (κ1) is 19.5. The van der Waals surface area contributed by atoms with Crippen molar-refractivity contribution in [3.05, 3.63) is 64.1 Å². The molecule has 1 fully saturated rings. The van der Waals surface area contributed by atoms with E-state index in [0.29, 0.717) is 4.91 Å². The average molecular weight is 426 g/mol. The van der Waals surface area contributed by atoms with Crippen LogP contribution in [0.3, 0.4) is 0 Å². The van der Waals surface area contributed by atoms with Crippen LogP contribution < -0.4 is 10.3 Å². The number of nitrogens with zero attached hydrogens (tertiary/aromatic N) is 2. The number of aryl methyl sites for hydroxylation is 1. The van der Waals surface area contributed by atoms with E-state index < -0.39 is 5.91 Å². The molecule has 2 aliphatic rings. The number of hydrazine groups is 1. The number of fused-ring (bicyclic) bond motifs is 1. The second kappa shape index (κ2) is 7.88. The number of hydrogen-bond donors (Lipinski definition) is 2. The van der Waals surface area contributed by atoms with Gasteiger partial charge in [-0.05, 0) is 72.6 Å². The molecular weight excluding hydrogens is 406 g/mol. The van der Waals surface area contributed by atoms with Crippen LogP contribution in [0, 0.1) is 0 Å². The topological polar surface area (TPSA) is 72.9 Å². The second-order valence-electron chi connectivity index (χ2n) is 6.92. The van der Waals surface area contributed by atoms with E-state index in [-0.39, 0.29) is 21.5 Å². The Hall–Kier alpha value is -2.84. The maximum absolute atomic E-state index is 12.8. The van der Waals surface area contributed by atoms with Crippen LogP contribution in [0.15, 0.2) is 47.4 Å². The molecule has 2 aliphatic heterocycles. The van der Waals surface area contributed by atoms with Crippen LogP contribution >= 0.6 is 24.0 Å². The number of rotatable bonds is 3. The van der Waals surface area contributed by atoms with Gasteiger partial charge in [0.05, 0.1) is 4.91 Å². The Balaban J connectivity index is 1.53. The summed E-state index contributed by atoms with van der Waals surface area (Å²) in [5.41, 5.74) is 6.17. The lowest BCUT2D eigenvalue weighted by Crippen LogP contribution is -2.44. The molecule has 6 nitrogen and oxygen atoms in total. The van der Waals surface area contributed by atoms with Gasteiger partial charge < -0.3 is 10.0 Å². The van der Waals surface area contributed by atoms with Crippen molar-refractivity contribution in [2.45, 2.75) is 12.8 Å². The molecule has 2 aromatic rings. The Morgan fingerprint density at radius 1 is 1.28 bits per heavy atom. The minimum Gasteiger partial charge on any atom is -0.508 e.